The van der Waals surface area contributed by atoms with Crippen molar-refractivity contribution in [3.63, 3.8) is 0 Å². The summed E-state index contributed by atoms with van der Waals surface area (Å²) in [6.07, 6.45) is 1.23. The molecule has 0 spiro atoms. The molecule has 0 heterocycles. The zero-order chi connectivity index (χ0) is 23.3. The first-order valence-corrected chi connectivity index (χ1v) is 12.4. The van der Waals surface area contributed by atoms with Crippen LogP contribution >= 0.6 is 23.2 Å². The Balaban J connectivity index is 1.60. The molecule has 0 saturated carbocycles. The third-order valence-electron chi connectivity index (χ3n) is 5.15. The molecule has 0 saturated heterocycles. The van der Waals surface area contributed by atoms with Crippen LogP contribution in [-0.4, -0.2) is 14.3 Å². The monoisotopic (exact) mass is 490 g/mol. The molecule has 0 aromatic heterocycles. The minimum atomic E-state index is -3.81. The van der Waals surface area contributed by atoms with Crippen molar-refractivity contribution in [1.82, 2.24) is 0 Å². The summed E-state index contributed by atoms with van der Waals surface area (Å²) in [7, 11) is -3.81. The molecule has 0 fully saturated rings. The van der Waals surface area contributed by atoms with Crippen LogP contribution in [-0.2, 0) is 21.2 Å². The fourth-order valence-corrected chi connectivity index (χ4v) is 4.52. The van der Waals surface area contributed by atoms with Crippen molar-refractivity contribution < 1.29 is 13.2 Å². The minimum absolute atomic E-state index is 0.00898. The average molecular weight is 491 g/mol. The summed E-state index contributed by atoms with van der Waals surface area (Å²) in [6.45, 7) is 4.31. The number of sulfonamides is 1. The number of benzene rings is 3. The van der Waals surface area contributed by atoms with E-state index in [0.717, 1.165) is 17.7 Å². The predicted octanol–water partition coefficient (Wildman–Crippen LogP) is 6.49. The van der Waals surface area contributed by atoms with Crippen LogP contribution in [0.1, 0.15) is 37.3 Å². The molecule has 3 aromatic rings. The van der Waals surface area contributed by atoms with E-state index >= 15 is 0 Å². The van der Waals surface area contributed by atoms with Gasteiger partial charge in [0.15, 0.2) is 0 Å². The summed E-state index contributed by atoms with van der Waals surface area (Å²) < 4.78 is 27.6. The van der Waals surface area contributed by atoms with Crippen LogP contribution in [0.3, 0.4) is 0 Å². The number of carbonyl (C=O) groups excluding carboxylic acids is 1. The lowest BCUT2D eigenvalue weighted by Crippen LogP contribution is -2.15. The summed E-state index contributed by atoms with van der Waals surface area (Å²) >= 11 is 11.8. The maximum atomic E-state index is 12.5. The van der Waals surface area contributed by atoms with Crippen molar-refractivity contribution in [3.05, 3.63) is 87.9 Å². The van der Waals surface area contributed by atoms with Crippen LogP contribution in [0.15, 0.2) is 71.6 Å². The number of anilines is 2. The van der Waals surface area contributed by atoms with E-state index in [2.05, 4.69) is 23.9 Å². The van der Waals surface area contributed by atoms with Gasteiger partial charge in [0.05, 0.1) is 21.4 Å². The van der Waals surface area contributed by atoms with E-state index < -0.39 is 10.0 Å². The SMILES string of the molecule is CC[C@@H](C)c1ccc(NC(=O)Cc2ccc(NS(=O)(=O)c3ccc(Cl)c(Cl)c3)cc2)cc1. The second-order valence-electron chi connectivity index (χ2n) is 7.53. The van der Waals surface area contributed by atoms with Gasteiger partial charge in [0.1, 0.15) is 0 Å². The average Bonchev–Trinajstić information content (AvgIpc) is 2.76. The normalized spacial score (nSPS) is 12.2. The van der Waals surface area contributed by atoms with Gasteiger partial charge in [-0.25, -0.2) is 8.42 Å². The topological polar surface area (TPSA) is 75.3 Å². The number of hydrogen-bond acceptors (Lipinski definition) is 3. The number of hydrogen-bond donors (Lipinski definition) is 2. The van der Waals surface area contributed by atoms with E-state index in [9.17, 15) is 13.2 Å². The summed E-state index contributed by atoms with van der Waals surface area (Å²) in [5.41, 5.74) is 3.12. The molecular formula is C24H24Cl2N2O3S. The standard InChI is InChI=1S/C24H24Cl2N2O3S/c1-3-16(2)18-6-10-19(11-7-18)27-24(29)14-17-4-8-20(9-5-17)28-32(30,31)21-12-13-22(25)23(26)15-21/h4-13,15-16,28H,3,14H2,1-2H3,(H,27,29)/t16-/m1/s1. The van der Waals surface area contributed by atoms with E-state index in [4.69, 9.17) is 23.2 Å². The minimum Gasteiger partial charge on any atom is -0.326 e. The number of amides is 1. The quantitative estimate of drug-likeness (QED) is 0.378. The molecule has 2 N–H and O–H groups in total. The van der Waals surface area contributed by atoms with E-state index in [-0.39, 0.29) is 27.3 Å². The molecule has 168 valence electrons. The van der Waals surface area contributed by atoms with Gasteiger partial charge in [0.2, 0.25) is 5.91 Å². The highest BCUT2D eigenvalue weighted by Gasteiger charge is 2.16. The second kappa shape index (κ2) is 10.4. The van der Waals surface area contributed by atoms with Crippen molar-refractivity contribution in [2.24, 2.45) is 0 Å². The first kappa shape index (κ1) is 24.1. The zero-order valence-corrected chi connectivity index (χ0v) is 20.1. The lowest BCUT2D eigenvalue weighted by molar-refractivity contribution is -0.115. The lowest BCUT2D eigenvalue weighted by atomic mass is 9.98. The molecule has 0 bridgehead atoms. The number of halogens is 2. The smallest absolute Gasteiger partial charge is 0.261 e. The number of rotatable bonds is 8. The zero-order valence-electron chi connectivity index (χ0n) is 17.7. The Bertz CT molecular complexity index is 1190. The Morgan fingerprint density at radius 1 is 0.906 bits per heavy atom. The van der Waals surface area contributed by atoms with E-state index in [1.165, 1.54) is 23.8 Å². The summed E-state index contributed by atoms with van der Waals surface area (Å²) in [4.78, 5) is 12.4. The molecule has 0 aliphatic carbocycles. The van der Waals surface area contributed by atoms with Crippen LogP contribution in [0.4, 0.5) is 11.4 Å². The van der Waals surface area contributed by atoms with Gasteiger partial charge < -0.3 is 5.32 Å². The van der Waals surface area contributed by atoms with Gasteiger partial charge in [-0.05, 0) is 65.9 Å². The number of carbonyl (C=O) groups is 1. The highest BCUT2D eigenvalue weighted by Crippen LogP contribution is 2.26. The molecule has 1 amide bonds. The fourth-order valence-electron chi connectivity index (χ4n) is 3.07. The Labute approximate surface area is 198 Å². The van der Waals surface area contributed by atoms with Gasteiger partial charge in [-0.1, -0.05) is 61.3 Å². The summed E-state index contributed by atoms with van der Waals surface area (Å²) in [5, 5.41) is 3.32. The third-order valence-corrected chi connectivity index (χ3v) is 7.27. The van der Waals surface area contributed by atoms with E-state index in [1.807, 2.05) is 24.3 Å². The van der Waals surface area contributed by atoms with Crippen molar-refractivity contribution in [1.29, 1.82) is 0 Å². The summed E-state index contributed by atoms with van der Waals surface area (Å²) in [6, 6.07) is 18.6. The molecule has 3 aromatic carbocycles. The highest BCUT2D eigenvalue weighted by molar-refractivity contribution is 7.92. The maximum absolute atomic E-state index is 12.5. The molecule has 32 heavy (non-hydrogen) atoms. The van der Waals surface area contributed by atoms with Crippen LogP contribution < -0.4 is 10.0 Å². The molecular weight excluding hydrogens is 467 g/mol. The molecule has 3 rings (SSSR count). The Morgan fingerprint density at radius 3 is 2.12 bits per heavy atom. The second-order valence-corrected chi connectivity index (χ2v) is 10.0. The summed E-state index contributed by atoms with van der Waals surface area (Å²) in [5.74, 6) is 0.331. The largest absolute Gasteiger partial charge is 0.326 e. The molecule has 8 heteroatoms. The van der Waals surface area contributed by atoms with E-state index in [0.29, 0.717) is 11.6 Å². The molecule has 0 unspecified atom stereocenters. The van der Waals surface area contributed by atoms with Gasteiger partial charge >= 0.3 is 0 Å². The molecule has 5 nitrogen and oxygen atoms in total. The van der Waals surface area contributed by atoms with Crippen molar-refractivity contribution in [2.45, 2.75) is 37.5 Å². The Hall–Kier alpha value is -2.54. The van der Waals surface area contributed by atoms with Gasteiger partial charge in [-0.3, -0.25) is 9.52 Å². The van der Waals surface area contributed by atoms with E-state index in [1.54, 1.807) is 24.3 Å². The van der Waals surface area contributed by atoms with Gasteiger partial charge in [-0.2, -0.15) is 0 Å². The van der Waals surface area contributed by atoms with Crippen LogP contribution in [0.5, 0.6) is 0 Å². The van der Waals surface area contributed by atoms with Crippen molar-refractivity contribution >= 4 is 50.5 Å². The molecule has 0 aliphatic heterocycles. The predicted molar refractivity (Wildman–Crippen MR) is 131 cm³/mol. The third kappa shape index (κ3) is 6.25. The van der Waals surface area contributed by atoms with Crippen LogP contribution in [0, 0.1) is 0 Å². The number of nitrogens with one attached hydrogen (secondary N) is 2. The molecule has 1 atom stereocenters. The van der Waals surface area contributed by atoms with Gasteiger partial charge in [0.25, 0.3) is 10.0 Å². The fraction of sp³-hybridized carbons (Fsp3) is 0.208. The van der Waals surface area contributed by atoms with Crippen LogP contribution in [0.2, 0.25) is 10.0 Å². The van der Waals surface area contributed by atoms with Crippen LogP contribution in [0.25, 0.3) is 0 Å². The highest BCUT2D eigenvalue weighted by atomic mass is 35.5. The molecule has 0 aliphatic rings. The first-order valence-electron chi connectivity index (χ1n) is 10.1. The van der Waals surface area contributed by atoms with Gasteiger partial charge in [0, 0.05) is 11.4 Å². The first-order chi connectivity index (χ1) is 15.2. The lowest BCUT2D eigenvalue weighted by Gasteiger charge is -2.11. The van der Waals surface area contributed by atoms with Gasteiger partial charge in [-0.15, -0.1) is 0 Å². The molecule has 0 radical (unpaired) electrons. The Morgan fingerprint density at radius 2 is 1.53 bits per heavy atom. The maximum Gasteiger partial charge on any atom is 0.261 e. The van der Waals surface area contributed by atoms with Crippen molar-refractivity contribution in [3.8, 4) is 0 Å². The Kier molecular flexibility index (Phi) is 7.82. The van der Waals surface area contributed by atoms with Crippen molar-refractivity contribution in [2.75, 3.05) is 10.0 Å².